The Balaban J connectivity index is 1.79. The van der Waals surface area contributed by atoms with Crippen LogP contribution in [0.2, 0.25) is 0 Å². The predicted molar refractivity (Wildman–Crippen MR) is 77.5 cm³/mol. The van der Waals surface area contributed by atoms with Gasteiger partial charge in [-0.15, -0.1) is 0 Å². The number of ether oxygens (including phenoxy) is 1. The molecule has 5 nitrogen and oxygen atoms in total. The van der Waals surface area contributed by atoms with Gasteiger partial charge < -0.3 is 10.1 Å². The molecule has 0 bridgehead atoms. The van der Waals surface area contributed by atoms with Gasteiger partial charge in [0.1, 0.15) is 13.2 Å². The zero-order chi connectivity index (χ0) is 15.1. The molecule has 0 aliphatic carbocycles. The fourth-order valence-corrected chi connectivity index (χ4v) is 1.76. The number of rotatable bonds is 5. The summed E-state index contributed by atoms with van der Waals surface area (Å²) in [6.45, 7) is 1.77. The second-order valence-corrected chi connectivity index (χ2v) is 4.48. The normalized spacial score (nSPS) is 9.95. The van der Waals surface area contributed by atoms with Gasteiger partial charge in [0, 0.05) is 11.8 Å². The summed E-state index contributed by atoms with van der Waals surface area (Å²) < 4.78 is 5.03. The van der Waals surface area contributed by atoms with Gasteiger partial charge in [-0.3, -0.25) is 14.6 Å². The molecule has 0 saturated heterocycles. The Morgan fingerprint density at radius 2 is 1.90 bits per heavy atom. The number of benzene rings is 1. The van der Waals surface area contributed by atoms with Crippen LogP contribution in [0.5, 0.6) is 0 Å². The van der Waals surface area contributed by atoms with Gasteiger partial charge in [0.25, 0.3) is 5.91 Å². The van der Waals surface area contributed by atoms with Crippen molar-refractivity contribution in [3.63, 3.8) is 0 Å². The van der Waals surface area contributed by atoms with Gasteiger partial charge in [0.05, 0.1) is 5.69 Å². The van der Waals surface area contributed by atoms with E-state index < -0.39 is 5.97 Å². The van der Waals surface area contributed by atoms with Crippen LogP contribution in [0, 0.1) is 6.92 Å². The molecule has 1 N–H and O–H groups in total. The lowest BCUT2D eigenvalue weighted by molar-refractivity contribution is -0.143. The van der Waals surface area contributed by atoms with Crippen LogP contribution in [0.25, 0.3) is 0 Å². The summed E-state index contributed by atoms with van der Waals surface area (Å²) in [5, 5.41) is 2.54. The van der Waals surface area contributed by atoms with E-state index in [1.165, 1.54) is 0 Å². The van der Waals surface area contributed by atoms with Crippen LogP contribution in [0.1, 0.15) is 21.6 Å². The highest BCUT2D eigenvalue weighted by atomic mass is 16.5. The molecule has 0 radical (unpaired) electrons. The number of nitrogens with zero attached hydrogens (tertiary/aromatic N) is 1. The largest absolute Gasteiger partial charge is 0.458 e. The number of hydrogen-bond acceptors (Lipinski definition) is 4. The molecule has 0 fully saturated rings. The van der Waals surface area contributed by atoms with E-state index in [1.54, 1.807) is 30.5 Å². The maximum Gasteiger partial charge on any atom is 0.325 e. The molecule has 21 heavy (non-hydrogen) atoms. The minimum absolute atomic E-state index is 0.0971. The molecule has 0 saturated carbocycles. The molecular weight excluding hydrogens is 268 g/mol. The van der Waals surface area contributed by atoms with E-state index in [4.69, 9.17) is 4.74 Å². The monoisotopic (exact) mass is 284 g/mol. The Hall–Kier alpha value is -2.69. The first-order valence-electron chi connectivity index (χ1n) is 6.56. The molecule has 2 aromatic rings. The predicted octanol–water partition coefficient (Wildman–Crippen LogP) is 1.86. The van der Waals surface area contributed by atoms with E-state index in [-0.39, 0.29) is 19.1 Å². The average molecular weight is 284 g/mol. The minimum atomic E-state index is -0.498. The Labute approximate surface area is 123 Å². The van der Waals surface area contributed by atoms with E-state index in [9.17, 15) is 9.59 Å². The van der Waals surface area contributed by atoms with E-state index in [1.807, 2.05) is 25.1 Å². The SMILES string of the molecule is Cc1ccccc1C(=O)NCC(=O)OCc1ccccn1. The molecule has 0 spiro atoms. The summed E-state index contributed by atoms with van der Waals surface area (Å²) in [5.41, 5.74) is 2.07. The molecular formula is C16H16N2O3. The van der Waals surface area contributed by atoms with Crippen molar-refractivity contribution in [1.29, 1.82) is 0 Å². The molecule has 0 aliphatic heterocycles. The highest BCUT2D eigenvalue weighted by Crippen LogP contribution is 2.06. The zero-order valence-electron chi connectivity index (χ0n) is 11.7. The number of hydrogen-bond donors (Lipinski definition) is 1. The van der Waals surface area contributed by atoms with Crippen molar-refractivity contribution in [2.75, 3.05) is 6.54 Å². The number of aryl methyl sites for hydroxylation is 1. The van der Waals surface area contributed by atoms with Crippen molar-refractivity contribution in [3.05, 3.63) is 65.5 Å². The molecule has 0 atom stereocenters. The molecule has 0 aliphatic rings. The van der Waals surface area contributed by atoms with Crippen molar-refractivity contribution >= 4 is 11.9 Å². The Morgan fingerprint density at radius 3 is 2.62 bits per heavy atom. The van der Waals surface area contributed by atoms with Gasteiger partial charge in [-0.1, -0.05) is 24.3 Å². The first-order valence-corrected chi connectivity index (χ1v) is 6.56. The first kappa shape index (κ1) is 14.7. The molecule has 1 aromatic carbocycles. The van der Waals surface area contributed by atoms with Gasteiger partial charge in [0.2, 0.25) is 0 Å². The second kappa shape index (κ2) is 7.19. The number of amides is 1. The molecule has 1 amide bonds. The summed E-state index contributed by atoms with van der Waals surface area (Å²) in [6.07, 6.45) is 1.63. The van der Waals surface area contributed by atoms with Crippen LogP contribution in [0.4, 0.5) is 0 Å². The summed E-state index contributed by atoms with van der Waals surface area (Å²) in [6, 6.07) is 12.6. The second-order valence-electron chi connectivity index (χ2n) is 4.48. The quantitative estimate of drug-likeness (QED) is 0.851. The van der Waals surface area contributed by atoms with Crippen molar-refractivity contribution in [3.8, 4) is 0 Å². The summed E-state index contributed by atoms with van der Waals surface area (Å²) in [5.74, 6) is -0.787. The average Bonchev–Trinajstić information content (AvgIpc) is 2.52. The van der Waals surface area contributed by atoms with Crippen molar-refractivity contribution < 1.29 is 14.3 Å². The van der Waals surface area contributed by atoms with Crippen LogP contribution in [-0.2, 0) is 16.1 Å². The molecule has 1 aromatic heterocycles. The topological polar surface area (TPSA) is 68.3 Å². The van der Waals surface area contributed by atoms with Crippen LogP contribution in [-0.4, -0.2) is 23.4 Å². The van der Waals surface area contributed by atoms with Gasteiger partial charge >= 0.3 is 5.97 Å². The summed E-state index contributed by atoms with van der Waals surface area (Å²) in [4.78, 5) is 27.5. The van der Waals surface area contributed by atoms with Crippen LogP contribution >= 0.6 is 0 Å². The zero-order valence-corrected chi connectivity index (χ0v) is 11.7. The third-order valence-corrected chi connectivity index (χ3v) is 2.89. The van der Waals surface area contributed by atoms with Crippen molar-refractivity contribution in [2.45, 2.75) is 13.5 Å². The Morgan fingerprint density at radius 1 is 1.14 bits per heavy atom. The lowest BCUT2D eigenvalue weighted by Gasteiger charge is -2.07. The molecule has 0 unspecified atom stereocenters. The number of carbonyl (C=O) groups is 2. The van der Waals surface area contributed by atoms with E-state index in [2.05, 4.69) is 10.3 Å². The highest BCUT2D eigenvalue weighted by Gasteiger charge is 2.10. The standard InChI is InChI=1S/C16H16N2O3/c1-12-6-2-3-8-14(12)16(20)18-10-15(19)21-11-13-7-4-5-9-17-13/h2-9H,10-11H2,1H3,(H,18,20). The number of pyridine rings is 1. The van der Waals surface area contributed by atoms with Crippen LogP contribution in [0.3, 0.4) is 0 Å². The number of carbonyl (C=O) groups excluding carboxylic acids is 2. The lowest BCUT2D eigenvalue weighted by atomic mass is 10.1. The molecule has 1 heterocycles. The van der Waals surface area contributed by atoms with Crippen LogP contribution in [0.15, 0.2) is 48.7 Å². The fraction of sp³-hybridized carbons (Fsp3) is 0.188. The molecule has 108 valence electrons. The number of esters is 1. The lowest BCUT2D eigenvalue weighted by Crippen LogP contribution is -2.31. The van der Waals surface area contributed by atoms with E-state index >= 15 is 0 Å². The van der Waals surface area contributed by atoms with Gasteiger partial charge in [-0.25, -0.2) is 0 Å². The van der Waals surface area contributed by atoms with Crippen LogP contribution < -0.4 is 5.32 Å². The third kappa shape index (κ3) is 4.42. The Kier molecular flexibility index (Phi) is 5.04. The van der Waals surface area contributed by atoms with Crippen molar-refractivity contribution in [2.24, 2.45) is 0 Å². The van der Waals surface area contributed by atoms with E-state index in [0.29, 0.717) is 11.3 Å². The maximum absolute atomic E-state index is 11.9. The summed E-state index contributed by atoms with van der Waals surface area (Å²) in [7, 11) is 0. The van der Waals surface area contributed by atoms with Gasteiger partial charge in [-0.05, 0) is 30.7 Å². The highest BCUT2D eigenvalue weighted by molar-refractivity contribution is 5.97. The van der Waals surface area contributed by atoms with Crippen molar-refractivity contribution in [1.82, 2.24) is 10.3 Å². The fourth-order valence-electron chi connectivity index (χ4n) is 1.76. The number of nitrogens with one attached hydrogen (secondary N) is 1. The number of aromatic nitrogens is 1. The summed E-state index contributed by atoms with van der Waals surface area (Å²) >= 11 is 0. The van der Waals surface area contributed by atoms with Gasteiger partial charge in [-0.2, -0.15) is 0 Å². The van der Waals surface area contributed by atoms with E-state index in [0.717, 1.165) is 5.56 Å². The molecule has 2 rings (SSSR count). The molecule has 5 heteroatoms. The third-order valence-electron chi connectivity index (χ3n) is 2.89. The van der Waals surface area contributed by atoms with Gasteiger partial charge in [0.15, 0.2) is 0 Å². The Bertz CT molecular complexity index is 626. The minimum Gasteiger partial charge on any atom is -0.458 e. The smallest absolute Gasteiger partial charge is 0.325 e. The first-order chi connectivity index (χ1) is 10.2. The maximum atomic E-state index is 11.9.